The van der Waals surface area contributed by atoms with Gasteiger partial charge in [0, 0.05) is 42.2 Å². The van der Waals surface area contributed by atoms with Crippen molar-refractivity contribution in [3.63, 3.8) is 0 Å². The number of aromatic nitrogens is 3. The first-order chi connectivity index (χ1) is 24.5. The third kappa shape index (κ3) is 6.55. The molecule has 3 aromatic carbocycles. The molecule has 8 nitrogen and oxygen atoms in total. The van der Waals surface area contributed by atoms with Crippen molar-refractivity contribution in [2.45, 2.75) is 59.0 Å². The Labute approximate surface area is 296 Å². The number of hydrogen-bond acceptors (Lipinski definition) is 6. The van der Waals surface area contributed by atoms with Gasteiger partial charge in [-0.2, -0.15) is 0 Å². The molecule has 0 saturated carbocycles. The quantitative estimate of drug-likeness (QED) is 0.185. The van der Waals surface area contributed by atoms with Gasteiger partial charge in [-0.25, -0.2) is 18.7 Å². The minimum atomic E-state index is -0.656. The Balaban J connectivity index is 1.27. The molecule has 0 saturated heterocycles. The monoisotopic (exact) mass is 692 g/mol. The first-order valence-electron chi connectivity index (χ1n) is 17.2. The Bertz CT molecular complexity index is 2160. The highest BCUT2D eigenvalue weighted by molar-refractivity contribution is 6.09. The number of nitrogens with one attached hydrogen (secondary N) is 1. The molecule has 10 heteroatoms. The van der Waals surface area contributed by atoms with Crippen LogP contribution in [0, 0.1) is 23.0 Å². The number of ether oxygens (including phenoxy) is 3. The van der Waals surface area contributed by atoms with Crippen molar-refractivity contribution in [2.75, 3.05) is 21.3 Å². The van der Waals surface area contributed by atoms with Crippen molar-refractivity contribution >= 4 is 28.5 Å². The maximum absolute atomic E-state index is 14.6. The molecule has 1 N–H and O–H groups in total. The van der Waals surface area contributed by atoms with Gasteiger partial charge in [-0.05, 0) is 83.7 Å². The summed E-state index contributed by atoms with van der Waals surface area (Å²) in [6.07, 6.45) is 6.67. The average molecular weight is 693 g/mol. The minimum Gasteiger partial charge on any atom is -0.493 e. The number of halogens is 2. The SMILES string of the molecule is COc1cc(/C=C2/CC(C(C)(C)C)Cc3c2nc2ccccc2c3C(=O)NC2CCc3nc(-c4ccc(F)cc4F)cn3C2)cc(OC)c1OC. The van der Waals surface area contributed by atoms with Gasteiger partial charge < -0.3 is 24.1 Å². The lowest BCUT2D eigenvalue weighted by Gasteiger charge is -2.37. The standard InChI is InChI=1S/C41H42F2N4O4/c1-41(2,3)25-18-24(15-23-16-34(49-4)39(51-6)35(17-23)50-5)38-30(19-25)37(29-9-7-8-10-32(29)46-38)40(48)44-27-12-14-36-45-33(22-47(36)21-27)28-13-11-26(42)20-31(28)43/h7-11,13,15-17,20,22,25,27H,12,14,18-19,21H2,1-6H3,(H,44,48)/b24-15-. The molecule has 2 unspecified atom stereocenters. The van der Waals surface area contributed by atoms with Gasteiger partial charge in [-0.15, -0.1) is 0 Å². The molecule has 264 valence electrons. The number of carbonyl (C=O) groups excluding carboxylic acids is 1. The number of allylic oxidation sites excluding steroid dienone is 1. The van der Waals surface area contributed by atoms with Gasteiger partial charge in [0.15, 0.2) is 11.5 Å². The predicted octanol–water partition coefficient (Wildman–Crippen LogP) is 8.30. The number of carbonyl (C=O) groups is 1. The van der Waals surface area contributed by atoms with E-state index in [0.717, 1.165) is 51.6 Å². The number of para-hydroxylation sites is 1. The largest absolute Gasteiger partial charge is 0.493 e. The van der Waals surface area contributed by atoms with Crippen LogP contribution in [0.3, 0.4) is 0 Å². The van der Waals surface area contributed by atoms with Gasteiger partial charge in [-0.1, -0.05) is 39.0 Å². The van der Waals surface area contributed by atoms with Gasteiger partial charge in [0.05, 0.1) is 43.8 Å². The number of imidazole rings is 1. The molecule has 51 heavy (non-hydrogen) atoms. The van der Waals surface area contributed by atoms with E-state index < -0.39 is 11.6 Å². The third-order valence-electron chi connectivity index (χ3n) is 10.2. The van der Waals surface area contributed by atoms with E-state index in [9.17, 15) is 13.6 Å². The van der Waals surface area contributed by atoms with Crippen molar-refractivity contribution < 1.29 is 27.8 Å². The Kier molecular flexibility index (Phi) is 9.03. The van der Waals surface area contributed by atoms with E-state index in [1.807, 2.05) is 41.0 Å². The zero-order chi connectivity index (χ0) is 36.0. The molecule has 1 aliphatic heterocycles. The zero-order valence-corrected chi connectivity index (χ0v) is 29.8. The van der Waals surface area contributed by atoms with Crippen LogP contribution in [0.1, 0.15) is 66.6 Å². The number of fused-ring (bicyclic) bond motifs is 3. The van der Waals surface area contributed by atoms with Crippen LogP contribution < -0.4 is 19.5 Å². The van der Waals surface area contributed by atoms with Crippen LogP contribution in [0.15, 0.2) is 60.8 Å². The van der Waals surface area contributed by atoms with Crippen LogP contribution in [-0.4, -0.2) is 47.8 Å². The molecule has 2 aromatic heterocycles. The van der Waals surface area contributed by atoms with Crippen molar-refractivity contribution in [1.82, 2.24) is 19.9 Å². The van der Waals surface area contributed by atoms with Crippen molar-refractivity contribution in [1.29, 1.82) is 0 Å². The highest BCUT2D eigenvalue weighted by Gasteiger charge is 2.36. The number of aryl methyl sites for hydroxylation is 1. The van der Waals surface area contributed by atoms with E-state index in [1.165, 1.54) is 12.1 Å². The van der Waals surface area contributed by atoms with Crippen molar-refractivity contribution in [2.24, 2.45) is 11.3 Å². The van der Waals surface area contributed by atoms with Gasteiger partial charge in [-0.3, -0.25) is 4.79 Å². The summed E-state index contributed by atoms with van der Waals surface area (Å²) in [6.45, 7) is 7.21. The molecule has 0 radical (unpaired) electrons. The van der Waals surface area contributed by atoms with Gasteiger partial charge in [0.25, 0.3) is 5.91 Å². The lowest BCUT2D eigenvalue weighted by molar-refractivity contribution is 0.0927. The Morgan fingerprint density at radius 3 is 2.39 bits per heavy atom. The molecule has 3 heterocycles. The first kappa shape index (κ1) is 34.2. The summed E-state index contributed by atoms with van der Waals surface area (Å²) in [5, 5.41) is 4.15. The fraction of sp³-hybridized carbons (Fsp3) is 0.341. The van der Waals surface area contributed by atoms with Crippen LogP contribution in [0.4, 0.5) is 8.78 Å². The summed E-state index contributed by atoms with van der Waals surface area (Å²) in [4.78, 5) is 24.4. The summed E-state index contributed by atoms with van der Waals surface area (Å²) in [5.74, 6) is 1.24. The molecule has 0 fully saturated rings. The molecule has 5 aromatic rings. The maximum Gasteiger partial charge on any atom is 0.252 e. The normalized spacial score (nSPS) is 17.9. The highest BCUT2D eigenvalue weighted by Crippen LogP contribution is 2.46. The van der Waals surface area contributed by atoms with Crippen LogP contribution >= 0.6 is 0 Å². The number of amides is 1. The maximum atomic E-state index is 14.6. The topological polar surface area (TPSA) is 87.5 Å². The molecule has 2 aliphatic rings. The van der Waals surface area contributed by atoms with E-state index in [4.69, 9.17) is 19.2 Å². The highest BCUT2D eigenvalue weighted by atomic mass is 19.1. The molecule has 7 rings (SSSR count). The number of hydrogen-bond donors (Lipinski definition) is 1. The lowest BCUT2D eigenvalue weighted by Crippen LogP contribution is -2.41. The molecule has 1 aliphatic carbocycles. The molecule has 0 spiro atoms. The first-order valence-corrected chi connectivity index (χ1v) is 17.2. The summed E-state index contributed by atoms with van der Waals surface area (Å²) in [5.41, 5.74) is 5.70. The third-order valence-corrected chi connectivity index (χ3v) is 10.2. The van der Waals surface area contributed by atoms with Crippen molar-refractivity contribution in [3.05, 3.63) is 101 Å². The molecular weight excluding hydrogens is 650 g/mol. The van der Waals surface area contributed by atoms with Crippen LogP contribution in [-0.2, 0) is 19.4 Å². The Morgan fingerprint density at radius 1 is 0.961 bits per heavy atom. The zero-order valence-electron chi connectivity index (χ0n) is 29.8. The lowest BCUT2D eigenvalue weighted by atomic mass is 9.69. The summed E-state index contributed by atoms with van der Waals surface area (Å²) in [6, 6.07) is 15.0. The fourth-order valence-electron chi connectivity index (χ4n) is 7.43. The summed E-state index contributed by atoms with van der Waals surface area (Å²) in [7, 11) is 4.78. The molecule has 2 atom stereocenters. The van der Waals surface area contributed by atoms with Gasteiger partial charge in [0.2, 0.25) is 5.75 Å². The fourth-order valence-corrected chi connectivity index (χ4v) is 7.43. The van der Waals surface area contributed by atoms with Crippen molar-refractivity contribution in [3.8, 4) is 28.5 Å². The summed E-state index contributed by atoms with van der Waals surface area (Å²) < 4.78 is 47.0. The Hall–Kier alpha value is -5.25. The van der Waals surface area contributed by atoms with E-state index >= 15 is 0 Å². The number of methoxy groups -OCH3 is 3. The number of benzene rings is 3. The van der Waals surface area contributed by atoms with Crippen LogP contribution in [0.2, 0.25) is 0 Å². The number of rotatable bonds is 7. The Morgan fingerprint density at radius 2 is 1.71 bits per heavy atom. The van der Waals surface area contributed by atoms with Gasteiger partial charge >= 0.3 is 0 Å². The van der Waals surface area contributed by atoms with Gasteiger partial charge in [0.1, 0.15) is 17.5 Å². The molecule has 1 amide bonds. The minimum absolute atomic E-state index is 0.0473. The van der Waals surface area contributed by atoms with Crippen LogP contribution in [0.25, 0.3) is 33.8 Å². The average Bonchev–Trinajstić information content (AvgIpc) is 3.52. The van der Waals surface area contributed by atoms with E-state index in [0.29, 0.717) is 54.3 Å². The van der Waals surface area contributed by atoms with E-state index in [2.05, 4.69) is 37.1 Å². The number of nitrogens with zero attached hydrogens (tertiary/aromatic N) is 3. The predicted molar refractivity (Wildman–Crippen MR) is 194 cm³/mol. The second-order valence-corrected chi connectivity index (χ2v) is 14.5. The second-order valence-electron chi connectivity index (χ2n) is 14.5. The van der Waals surface area contributed by atoms with E-state index in [1.54, 1.807) is 27.5 Å². The molecular formula is C41H42F2N4O4. The van der Waals surface area contributed by atoms with Crippen LogP contribution in [0.5, 0.6) is 17.2 Å². The second kappa shape index (κ2) is 13.5. The number of pyridine rings is 1. The molecule has 0 bridgehead atoms. The smallest absolute Gasteiger partial charge is 0.252 e. The summed E-state index contributed by atoms with van der Waals surface area (Å²) >= 11 is 0. The van der Waals surface area contributed by atoms with E-state index in [-0.39, 0.29) is 28.8 Å².